The summed E-state index contributed by atoms with van der Waals surface area (Å²) in [7, 11) is 0. The van der Waals surface area contributed by atoms with Crippen molar-refractivity contribution in [3.8, 4) is 0 Å². The standard InChI is InChI=1S/C76H60B/c1-13-37-61(38-14-1)73(62-39-15-2-16-40-62,63-41-17-3-18-42-63)77(74(64-43-19-4-20-44-64,65-45-21-5-22-46-65)66-47-23-6-24-48-66,75(67-49-25-7-26-50-67,68-51-27-8-28-52-68)69-53-29-9-30-54-69)76(70-55-31-10-32-56-70,71-57-33-11-34-58-71)72-59-35-12-36-60-72/h1-60H/q-1. The fourth-order valence-corrected chi connectivity index (χ4v) is 15.4. The van der Waals surface area contributed by atoms with Crippen LogP contribution in [0.2, 0.25) is 0 Å². The molecule has 0 amide bonds. The van der Waals surface area contributed by atoms with Gasteiger partial charge in [0.1, 0.15) is 0 Å². The lowest BCUT2D eigenvalue weighted by molar-refractivity contribution is 0.564. The maximum absolute atomic E-state index is 2.93. The molecule has 0 unspecified atom stereocenters. The average Bonchev–Trinajstić information content (AvgIpc) is 3.71. The van der Waals surface area contributed by atoms with Crippen molar-refractivity contribution in [1.82, 2.24) is 0 Å². The van der Waals surface area contributed by atoms with E-state index in [0.29, 0.717) is 0 Å². The van der Waals surface area contributed by atoms with Gasteiger partial charge in [-0.1, -0.05) is 452 Å². The van der Waals surface area contributed by atoms with Crippen LogP contribution in [0.4, 0.5) is 0 Å². The summed E-state index contributed by atoms with van der Waals surface area (Å²) in [6.45, 7) is 0. The third kappa shape index (κ3) is 7.37. The lowest BCUT2D eigenvalue weighted by Crippen LogP contribution is -2.88. The summed E-state index contributed by atoms with van der Waals surface area (Å²) in [5.41, 5.74) is 14.0. The van der Waals surface area contributed by atoms with E-state index < -0.39 is 27.4 Å². The van der Waals surface area contributed by atoms with Gasteiger partial charge < -0.3 is 0 Å². The van der Waals surface area contributed by atoms with Gasteiger partial charge in [-0.05, 0) is 0 Å². The second kappa shape index (κ2) is 21.1. The summed E-state index contributed by atoms with van der Waals surface area (Å²) < 4.78 is 0. The van der Waals surface area contributed by atoms with E-state index in [9.17, 15) is 0 Å². The molecule has 0 aliphatic carbocycles. The van der Waals surface area contributed by atoms with Gasteiger partial charge in [0.15, 0.2) is 0 Å². The fourth-order valence-electron chi connectivity index (χ4n) is 15.4. The molecule has 12 aromatic rings. The Morgan fingerprint density at radius 2 is 0.195 bits per heavy atom. The Hall–Kier alpha value is -9.30. The van der Waals surface area contributed by atoms with Crippen LogP contribution in [0.15, 0.2) is 364 Å². The van der Waals surface area contributed by atoms with Crippen LogP contribution in [0.25, 0.3) is 0 Å². The molecule has 0 aliphatic heterocycles. The molecule has 368 valence electrons. The molecule has 1 heteroatoms. The summed E-state index contributed by atoms with van der Waals surface area (Å²) in [5, 5.41) is -4.63. The molecular weight excluding hydrogens is 924 g/mol. The highest BCUT2D eigenvalue weighted by Gasteiger charge is 2.77. The van der Waals surface area contributed by atoms with Gasteiger partial charge in [0, 0.05) is 0 Å². The van der Waals surface area contributed by atoms with Crippen molar-refractivity contribution < 1.29 is 0 Å². The number of rotatable bonds is 16. The van der Waals surface area contributed by atoms with Crippen LogP contribution in [0.5, 0.6) is 0 Å². The first-order valence-corrected chi connectivity index (χ1v) is 27.1. The molecular formula is C76H60B-. The molecule has 0 heterocycles. The zero-order chi connectivity index (χ0) is 51.9. The highest BCUT2D eigenvalue weighted by Crippen LogP contribution is 2.74. The molecule has 0 N–H and O–H groups in total. The van der Waals surface area contributed by atoms with Gasteiger partial charge in [-0.25, -0.2) is 0 Å². The summed E-state index contributed by atoms with van der Waals surface area (Å²) in [4.78, 5) is 0. The van der Waals surface area contributed by atoms with Crippen molar-refractivity contribution >= 4 is 6.15 Å². The summed E-state index contributed by atoms with van der Waals surface area (Å²) in [6.07, 6.45) is -2.93. The van der Waals surface area contributed by atoms with Crippen molar-refractivity contribution in [3.05, 3.63) is 431 Å². The van der Waals surface area contributed by atoms with Crippen LogP contribution in [0.3, 0.4) is 0 Å². The Bertz CT molecular complexity index is 2830. The van der Waals surface area contributed by atoms with Gasteiger partial charge in [0.05, 0.1) is 6.15 Å². The maximum Gasteiger partial charge on any atom is 0.0840 e. The third-order valence-corrected chi connectivity index (χ3v) is 17.3. The van der Waals surface area contributed by atoms with Gasteiger partial charge in [0.2, 0.25) is 0 Å². The van der Waals surface area contributed by atoms with E-state index in [4.69, 9.17) is 0 Å². The van der Waals surface area contributed by atoms with Crippen LogP contribution in [-0.2, 0) is 21.3 Å². The summed E-state index contributed by atoms with van der Waals surface area (Å²) in [6, 6.07) is 140. The first-order valence-electron chi connectivity index (χ1n) is 27.1. The monoisotopic (exact) mass is 983 g/mol. The van der Waals surface area contributed by atoms with Gasteiger partial charge >= 0.3 is 0 Å². The predicted octanol–water partition coefficient (Wildman–Crippen LogP) is 17.7. The maximum atomic E-state index is 2.44. The minimum absolute atomic E-state index is 1.16. The molecule has 12 aromatic carbocycles. The largest absolute Gasteiger partial charge is 0.0840 e. The number of hydrogen-bond donors (Lipinski definition) is 0. The molecule has 0 aromatic heterocycles. The Labute approximate surface area is 455 Å². The topological polar surface area (TPSA) is 0 Å². The smallest absolute Gasteiger partial charge is 0.0751 e. The second-order valence-electron chi connectivity index (χ2n) is 20.5. The van der Waals surface area contributed by atoms with Crippen LogP contribution >= 0.6 is 0 Å². The molecule has 0 saturated carbocycles. The van der Waals surface area contributed by atoms with Crippen LogP contribution in [0, 0.1) is 0 Å². The van der Waals surface area contributed by atoms with Crippen molar-refractivity contribution in [2.75, 3.05) is 0 Å². The van der Waals surface area contributed by atoms with Crippen LogP contribution in [0.1, 0.15) is 66.8 Å². The Morgan fingerprint density at radius 1 is 0.117 bits per heavy atom. The SMILES string of the molecule is c1ccc(C(c2ccccc2)(c2ccccc2)[B-](C(c2ccccc2)(c2ccccc2)c2ccccc2)(C(c2ccccc2)(c2ccccc2)c2ccccc2)C(c2ccccc2)(c2ccccc2)c2ccccc2)cc1. The van der Waals surface area contributed by atoms with Crippen molar-refractivity contribution in [2.24, 2.45) is 0 Å². The molecule has 0 spiro atoms. The molecule has 12 rings (SSSR count). The number of hydrogen-bond acceptors (Lipinski definition) is 0. The summed E-state index contributed by atoms with van der Waals surface area (Å²) in [5.74, 6) is 0. The minimum atomic E-state index is -2.93. The zero-order valence-corrected chi connectivity index (χ0v) is 43.2. The summed E-state index contributed by atoms with van der Waals surface area (Å²) >= 11 is 0. The highest BCUT2D eigenvalue weighted by atomic mass is 14.6. The van der Waals surface area contributed by atoms with Crippen molar-refractivity contribution in [1.29, 1.82) is 0 Å². The van der Waals surface area contributed by atoms with E-state index in [1.165, 1.54) is 66.8 Å². The molecule has 0 fully saturated rings. The van der Waals surface area contributed by atoms with E-state index in [1.807, 2.05) is 0 Å². The molecule has 0 aliphatic rings. The third-order valence-electron chi connectivity index (χ3n) is 17.3. The molecule has 77 heavy (non-hydrogen) atoms. The molecule has 0 nitrogen and oxygen atoms in total. The first-order chi connectivity index (χ1) is 38.3. The van der Waals surface area contributed by atoms with Crippen LogP contribution in [-0.4, -0.2) is 6.15 Å². The quantitative estimate of drug-likeness (QED) is 0.0668. The minimum Gasteiger partial charge on any atom is -0.0751 e. The molecule has 0 saturated heterocycles. The second-order valence-corrected chi connectivity index (χ2v) is 20.5. The lowest BCUT2D eigenvalue weighted by atomic mass is 8.86. The number of benzene rings is 12. The molecule has 0 radical (unpaired) electrons. The Balaban J connectivity index is 1.64. The molecule has 0 bridgehead atoms. The lowest BCUT2D eigenvalue weighted by Gasteiger charge is -2.81. The normalized spacial score (nSPS) is 12.2. The average molecular weight is 984 g/mol. The first kappa shape index (κ1) is 48.6. The van der Waals surface area contributed by atoms with E-state index in [-0.39, 0.29) is 0 Å². The Morgan fingerprint density at radius 3 is 0.273 bits per heavy atom. The van der Waals surface area contributed by atoms with Crippen LogP contribution < -0.4 is 0 Å². The van der Waals surface area contributed by atoms with E-state index in [0.717, 1.165) is 0 Å². The Kier molecular flexibility index (Phi) is 13.4. The van der Waals surface area contributed by atoms with Gasteiger partial charge in [0.25, 0.3) is 0 Å². The van der Waals surface area contributed by atoms with Crippen molar-refractivity contribution in [3.63, 3.8) is 0 Å². The highest BCUT2D eigenvalue weighted by molar-refractivity contribution is 6.95. The van der Waals surface area contributed by atoms with Gasteiger partial charge in [-0.15, -0.1) is 0 Å². The zero-order valence-electron chi connectivity index (χ0n) is 43.2. The van der Waals surface area contributed by atoms with E-state index >= 15 is 0 Å². The van der Waals surface area contributed by atoms with Gasteiger partial charge in [-0.3, -0.25) is 0 Å². The predicted molar refractivity (Wildman–Crippen MR) is 323 cm³/mol. The van der Waals surface area contributed by atoms with E-state index in [2.05, 4.69) is 364 Å². The van der Waals surface area contributed by atoms with Gasteiger partial charge in [-0.2, -0.15) is 0 Å². The van der Waals surface area contributed by atoms with Crippen molar-refractivity contribution in [2.45, 2.75) is 21.3 Å². The molecule has 0 atom stereocenters. The van der Waals surface area contributed by atoms with E-state index in [1.54, 1.807) is 0 Å². The fraction of sp³-hybridized carbons (Fsp3) is 0.0526.